The zero-order valence-electron chi connectivity index (χ0n) is 10.6. The van der Waals surface area contributed by atoms with Gasteiger partial charge >= 0.3 is 37.9 Å². The number of halogens is 2. The molecule has 0 aromatic heterocycles. The van der Waals surface area contributed by atoms with Crippen LogP contribution in [0.1, 0.15) is 44.4 Å². The van der Waals surface area contributed by atoms with E-state index in [0.29, 0.717) is 0 Å². The van der Waals surface area contributed by atoms with Crippen molar-refractivity contribution in [2.75, 3.05) is 0 Å². The van der Waals surface area contributed by atoms with E-state index in [1.807, 2.05) is 0 Å². The topological polar surface area (TPSA) is 0 Å². The third-order valence-corrected chi connectivity index (χ3v) is 2.70. The van der Waals surface area contributed by atoms with E-state index in [2.05, 4.69) is 58.4 Å². The van der Waals surface area contributed by atoms with E-state index in [1.165, 1.54) is 22.3 Å². The summed E-state index contributed by atoms with van der Waals surface area (Å²) in [6, 6.07) is 6.59. The third-order valence-electron chi connectivity index (χ3n) is 2.70. The van der Waals surface area contributed by atoms with Crippen LogP contribution in [0, 0.1) is 6.42 Å². The molecular weight excluding hydrogens is 330 g/mol. The van der Waals surface area contributed by atoms with Crippen molar-refractivity contribution in [3.63, 3.8) is 0 Å². The van der Waals surface area contributed by atoms with Gasteiger partial charge in [0.25, 0.3) is 0 Å². The first-order valence-electron chi connectivity index (χ1n) is 5.53. The molecule has 0 unspecified atom stereocenters. The van der Waals surface area contributed by atoms with Gasteiger partial charge in [-0.1, -0.05) is 50.6 Å². The van der Waals surface area contributed by atoms with Crippen LogP contribution in [0.2, 0.25) is 0 Å². The Labute approximate surface area is 123 Å². The molecule has 0 heterocycles. The number of allylic oxidation sites excluding steroid dienone is 1. The summed E-state index contributed by atoms with van der Waals surface area (Å²) in [7, 11) is 9.87. The van der Waals surface area contributed by atoms with Crippen molar-refractivity contribution in [3.8, 4) is 0 Å². The van der Waals surface area contributed by atoms with E-state index >= 15 is 0 Å². The Morgan fingerprint density at radius 2 is 1.71 bits per heavy atom. The molecule has 91 valence electrons. The summed E-state index contributed by atoms with van der Waals surface area (Å²) in [5.41, 5.74) is 5.83. The molecule has 2 rings (SSSR count). The van der Waals surface area contributed by atoms with Gasteiger partial charge in [0.15, 0.2) is 0 Å². The molecule has 1 aromatic carbocycles. The first kappa shape index (κ1) is 15.5. The second-order valence-electron chi connectivity index (χ2n) is 5.16. The van der Waals surface area contributed by atoms with E-state index in [1.54, 1.807) is 0 Å². The van der Waals surface area contributed by atoms with E-state index in [4.69, 9.17) is 17.0 Å². The zero-order chi connectivity index (χ0) is 13.1. The summed E-state index contributed by atoms with van der Waals surface area (Å²) >= 11 is -0.826. The fraction of sp³-hybridized carbons (Fsp3) is 0.357. The second-order valence-corrected chi connectivity index (χ2v) is 8.89. The van der Waals surface area contributed by atoms with Gasteiger partial charge < -0.3 is 0 Å². The number of hydrogen-bond donors (Lipinski definition) is 0. The monoisotopic (exact) mass is 345 g/mol. The third kappa shape index (κ3) is 4.23. The molecule has 1 aliphatic carbocycles. The van der Waals surface area contributed by atoms with E-state index in [0.717, 1.165) is 0 Å². The summed E-state index contributed by atoms with van der Waals surface area (Å²) in [6.45, 7) is 8.96. The van der Waals surface area contributed by atoms with Gasteiger partial charge in [0.1, 0.15) is 0 Å². The molecule has 0 nitrogen and oxygen atoms in total. The van der Waals surface area contributed by atoms with Crippen molar-refractivity contribution in [1.82, 2.24) is 0 Å². The van der Waals surface area contributed by atoms with Crippen molar-refractivity contribution in [3.05, 3.63) is 46.9 Å². The quantitative estimate of drug-likeness (QED) is 0.595. The van der Waals surface area contributed by atoms with Crippen molar-refractivity contribution >= 4 is 23.1 Å². The van der Waals surface area contributed by atoms with Gasteiger partial charge in [-0.05, 0) is 29.0 Å². The first-order chi connectivity index (χ1) is 7.90. The fourth-order valence-electron chi connectivity index (χ4n) is 2.04. The molecular formula is C14H17Cl2Zr. The van der Waals surface area contributed by atoms with Gasteiger partial charge in [-0.15, -0.1) is 0 Å². The van der Waals surface area contributed by atoms with Crippen molar-refractivity contribution < 1.29 is 20.8 Å². The Balaban J connectivity index is 0.000000437. The van der Waals surface area contributed by atoms with Gasteiger partial charge in [0.05, 0.1) is 0 Å². The van der Waals surface area contributed by atoms with E-state index in [9.17, 15) is 0 Å². The van der Waals surface area contributed by atoms with Crippen LogP contribution in [0.15, 0.2) is 23.8 Å². The standard InChI is InChI=1S/C14H17.2ClH.Zr/c1-10-8-11-6-5-7-13(12(11)9-10)14(2,3)4;;;/h5-9H,1-4H3;2*1H;/q;;;+2/p-2. The maximum atomic E-state index is 4.93. The molecule has 1 aromatic rings. The van der Waals surface area contributed by atoms with E-state index < -0.39 is 20.8 Å². The molecule has 0 atom stereocenters. The number of rotatable bonds is 0. The predicted molar refractivity (Wildman–Crippen MR) is 73.9 cm³/mol. The molecule has 0 saturated heterocycles. The molecule has 0 bridgehead atoms. The molecule has 3 heteroatoms. The Morgan fingerprint density at radius 3 is 2.24 bits per heavy atom. The average Bonchev–Trinajstić information content (AvgIpc) is 2.56. The van der Waals surface area contributed by atoms with Crippen LogP contribution in [0.3, 0.4) is 0 Å². The van der Waals surface area contributed by atoms with E-state index in [-0.39, 0.29) is 5.41 Å². The summed E-state index contributed by atoms with van der Waals surface area (Å²) in [6.07, 6.45) is 4.54. The molecule has 0 spiro atoms. The Morgan fingerprint density at radius 1 is 1.12 bits per heavy atom. The minimum atomic E-state index is -0.826. The predicted octanol–water partition coefficient (Wildman–Crippen LogP) is 5.33. The van der Waals surface area contributed by atoms with Crippen molar-refractivity contribution in [2.45, 2.75) is 33.1 Å². The van der Waals surface area contributed by atoms with Crippen LogP contribution in [-0.4, -0.2) is 0 Å². The fourth-order valence-corrected chi connectivity index (χ4v) is 2.04. The summed E-state index contributed by atoms with van der Waals surface area (Å²) < 4.78 is 0. The molecule has 1 radical (unpaired) electrons. The minimum absolute atomic E-state index is 0.236. The Bertz CT molecular complexity index is 417. The van der Waals surface area contributed by atoms with Gasteiger partial charge in [-0.2, -0.15) is 0 Å². The normalized spacial score (nSPS) is 13.4. The van der Waals surface area contributed by atoms with Gasteiger partial charge in [-0.3, -0.25) is 0 Å². The van der Waals surface area contributed by atoms with Crippen molar-refractivity contribution in [1.29, 1.82) is 0 Å². The first-order valence-corrected chi connectivity index (χ1v) is 11.9. The summed E-state index contributed by atoms with van der Waals surface area (Å²) in [5, 5.41) is 0. The van der Waals surface area contributed by atoms with Gasteiger partial charge in [-0.25, -0.2) is 0 Å². The molecule has 17 heavy (non-hydrogen) atoms. The van der Waals surface area contributed by atoms with Crippen LogP contribution in [0.4, 0.5) is 0 Å². The SMILES string of the molecule is CC1=Cc2c(cccc2C(C)(C)C)[CH]1.[Cl][Zr][Cl]. The number of benzene rings is 1. The van der Waals surface area contributed by atoms with Crippen molar-refractivity contribution in [2.24, 2.45) is 0 Å². The Kier molecular flexibility index (Phi) is 5.96. The van der Waals surface area contributed by atoms with Crippen LogP contribution >= 0.6 is 17.0 Å². The van der Waals surface area contributed by atoms with Crippen LogP contribution in [0.25, 0.3) is 6.08 Å². The molecule has 0 N–H and O–H groups in total. The van der Waals surface area contributed by atoms with Gasteiger partial charge in [0, 0.05) is 6.42 Å². The molecule has 0 fully saturated rings. The van der Waals surface area contributed by atoms with Crippen LogP contribution in [0.5, 0.6) is 0 Å². The second kappa shape index (κ2) is 6.55. The Hall–Kier alpha value is 0.423. The molecule has 0 saturated carbocycles. The molecule has 1 aliphatic rings. The van der Waals surface area contributed by atoms with Gasteiger partial charge in [0.2, 0.25) is 0 Å². The summed E-state index contributed by atoms with van der Waals surface area (Å²) in [5.74, 6) is 0. The number of fused-ring (bicyclic) bond motifs is 1. The maximum absolute atomic E-state index is 4.93. The van der Waals surface area contributed by atoms with Crippen LogP contribution < -0.4 is 0 Å². The average molecular weight is 347 g/mol. The summed E-state index contributed by atoms with van der Waals surface area (Å²) in [4.78, 5) is 0. The zero-order valence-corrected chi connectivity index (χ0v) is 14.6. The molecule has 0 amide bonds. The number of hydrogen-bond acceptors (Lipinski definition) is 0. The molecule has 0 aliphatic heterocycles. The van der Waals surface area contributed by atoms with Crippen LogP contribution in [-0.2, 0) is 26.3 Å².